The Labute approximate surface area is 138 Å². The Morgan fingerprint density at radius 1 is 1.22 bits per heavy atom. The van der Waals surface area contributed by atoms with E-state index < -0.39 is 0 Å². The predicted octanol–water partition coefficient (Wildman–Crippen LogP) is 3.94. The first kappa shape index (κ1) is 15.6. The number of hydrogen-bond acceptors (Lipinski definition) is 1. The van der Waals surface area contributed by atoms with Crippen molar-refractivity contribution < 1.29 is 9.18 Å². The number of rotatable bonds is 4. The van der Waals surface area contributed by atoms with E-state index in [1.54, 1.807) is 29.8 Å². The molecule has 0 aliphatic heterocycles. The first-order valence-electron chi connectivity index (χ1n) is 7.33. The number of fused-ring (bicyclic) bond motifs is 1. The highest BCUT2D eigenvalue weighted by atomic mass is 35.5. The van der Waals surface area contributed by atoms with Gasteiger partial charge in [-0.15, -0.1) is 0 Å². The van der Waals surface area contributed by atoms with Gasteiger partial charge < -0.3 is 9.88 Å². The fraction of sp³-hybridized carbons (Fsp3) is 0.167. The van der Waals surface area contributed by atoms with Crippen molar-refractivity contribution in [2.45, 2.75) is 6.42 Å². The Morgan fingerprint density at radius 2 is 2.00 bits per heavy atom. The van der Waals surface area contributed by atoms with Gasteiger partial charge in [-0.1, -0.05) is 29.8 Å². The molecule has 0 spiro atoms. The van der Waals surface area contributed by atoms with Crippen molar-refractivity contribution in [1.29, 1.82) is 0 Å². The molecule has 23 heavy (non-hydrogen) atoms. The van der Waals surface area contributed by atoms with E-state index >= 15 is 0 Å². The van der Waals surface area contributed by atoms with Crippen LogP contribution in [0.4, 0.5) is 4.39 Å². The molecule has 0 fully saturated rings. The van der Waals surface area contributed by atoms with Crippen LogP contribution in [0.25, 0.3) is 10.9 Å². The van der Waals surface area contributed by atoms with Crippen molar-refractivity contribution in [1.82, 2.24) is 9.88 Å². The molecular formula is C18H16ClFN2O. The molecule has 0 saturated heterocycles. The fourth-order valence-electron chi connectivity index (χ4n) is 2.65. The van der Waals surface area contributed by atoms with Gasteiger partial charge in [-0.3, -0.25) is 4.79 Å². The van der Waals surface area contributed by atoms with Crippen molar-refractivity contribution >= 4 is 28.4 Å². The normalized spacial score (nSPS) is 10.9. The van der Waals surface area contributed by atoms with Gasteiger partial charge in [-0.05, 0) is 42.3 Å². The third-order valence-electron chi connectivity index (χ3n) is 3.85. The molecule has 1 aromatic heterocycles. The summed E-state index contributed by atoms with van der Waals surface area (Å²) in [6.45, 7) is 0.489. The second-order valence-corrected chi connectivity index (χ2v) is 5.83. The van der Waals surface area contributed by atoms with Gasteiger partial charge in [-0.25, -0.2) is 4.39 Å². The molecule has 0 aliphatic carbocycles. The molecule has 0 bridgehead atoms. The number of amides is 1. The van der Waals surface area contributed by atoms with Crippen LogP contribution in [-0.2, 0) is 13.5 Å². The second kappa shape index (κ2) is 6.42. The molecule has 1 amide bonds. The minimum absolute atomic E-state index is 0.217. The number of carbonyl (C=O) groups excluding carboxylic acids is 1. The monoisotopic (exact) mass is 330 g/mol. The zero-order valence-corrected chi connectivity index (χ0v) is 13.4. The Morgan fingerprint density at radius 3 is 2.74 bits per heavy atom. The maximum atomic E-state index is 13.8. The summed E-state index contributed by atoms with van der Waals surface area (Å²) in [5, 5.41) is 4.00. The first-order chi connectivity index (χ1) is 11.1. The van der Waals surface area contributed by atoms with Gasteiger partial charge in [0.1, 0.15) is 11.5 Å². The maximum Gasteiger partial charge on any atom is 0.267 e. The molecule has 5 heteroatoms. The topological polar surface area (TPSA) is 34.0 Å². The van der Waals surface area contributed by atoms with Crippen LogP contribution >= 0.6 is 11.6 Å². The van der Waals surface area contributed by atoms with Gasteiger partial charge in [0, 0.05) is 24.0 Å². The maximum absolute atomic E-state index is 13.8. The Balaban J connectivity index is 1.71. The van der Waals surface area contributed by atoms with E-state index in [1.165, 1.54) is 6.07 Å². The smallest absolute Gasteiger partial charge is 0.267 e. The number of nitrogens with one attached hydrogen (secondary N) is 1. The number of aryl methyl sites for hydroxylation is 1. The summed E-state index contributed by atoms with van der Waals surface area (Å²) in [6.07, 6.45) is 0.685. The summed E-state index contributed by atoms with van der Waals surface area (Å²) in [4.78, 5) is 12.3. The van der Waals surface area contributed by atoms with Gasteiger partial charge in [-0.2, -0.15) is 0 Å². The SMILES string of the molecule is Cn1c(C(=O)NCCc2cccc(Cl)c2)cc2c(F)cccc21. The average molecular weight is 331 g/mol. The molecule has 0 saturated carbocycles. The first-order valence-corrected chi connectivity index (χ1v) is 7.70. The summed E-state index contributed by atoms with van der Waals surface area (Å²) >= 11 is 5.94. The third-order valence-corrected chi connectivity index (χ3v) is 4.09. The summed E-state index contributed by atoms with van der Waals surface area (Å²) in [6, 6.07) is 13.9. The van der Waals surface area contributed by atoms with Crippen LogP contribution in [0, 0.1) is 5.82 Å². The van der Waals surface area contributed by atoms with E-state index in [0.717, 1.165) is 5.56 Å². The second-order valence-electron chi connectivity index (χ2n) is 5.40. The van der Waals surface area contributed by atoms with E-state index in [4.69, 9.17) is 11.6 Å². The van der Waals surface area contributed by atoms with Crippen LogP contribution in [0.1, 0.15) is 16.1 Å². The highest BCUT2D eigenvalue weighted by Gasteiger charge is 2.14. The number of benzene rings is 2. The Bertz CT molecular complexity index is 873. The summed E-state index contributed by atoms with van der Waals surface area (Å²) in [5.41, 5.74) is 2.20. The van der Waals surface area contributed by atoms with Crippen LogP contribution in [0.2, 0.25) is 5.02 Å². The van der Waals surface area contributed by atoms with Crippen LogP contribution < -0.4 is 5.32 Å². The summed E-state index contributed by atoms with van der Waals surface area (Å²) < 4.78 is 15.5. The molecule has 0 atom stereocenters. The summed E-state index contributed by atoms with van der Waals surface area (Å²) in [7, 11) is 1.76. The molecule has 1 heterocycles. The van der Waals surface area contributed by atoms with Crippen LogP contribution in [0.15, 0.2) is 48.5 Å². The highest BCUT2D eigenvalue weighted by molar-refractivity contribution is 6.30. The molecule has 0 aliphatic rings. The zero-order valence-electron chi connectivity index (χ0n) is 12.6. The lowest BCUT2D eigenvalue weighted by Gasteiger charge is -2.07. The van der Waals surface area contributed by atoms with Crippen molar-refractivity contribution in [3.05, 3.63) is 70.6 Å². The number of halogens is 2. The van der Waals surface area contributed by atoms with Gasteiger partial charge in [0.25, 0.3) is 5.91 Å². The lowest BCUT2D eigenvalue weighted by molar-refractivity contribution is 0.0946. The van der Waals surface area contributed by atoms with Crippen molar-refractivity contribution in [3.63, 3.8) is 0 Å². The zero-order chi connectivity index (χ0) is 16.4. The largest absolute Gasteiger partial charge is 0.350 e. The minimum atomic E-state index is -0.323. The standard InChI is InChI=1S/C18H16ClFN2O/c1-22-16-7-3-6-15(20)14(16)11-17(22)18(23)21-9-8-12-4-2-5-13(19)10-12/h2-7,10-11H,8-9H2,1H3,(H,21,23). The molecular weight excluding hydrogens is 315 g/mol. The highest BCUT2D eigenvalue weighted by Crippen LogP contribution is 2.21. The van der Waals surface area contributed by atoms with Gasteiger partial charge in [0.15, 0.2) is 0 Å². The Hall–Kier alpha value is -2.33. The van der Waals surface area contributed by atoms with E-state index in [9.17, 15) is 9.18 Å². The number of carbonyl (C=O) groups is 1. The molecule has 0 radical (unpaired) electrons. The molecule has 3 aromatic rings. The van der Waals surface area contributed by atoms with Crippen molar-refractivity contribution in [3.8, 4) is 0 Å². The summed E-state index contributed by atoms with van der Waals surface area (Å²) in [5.74, 6) is -0.541. The number of hydrogen-bond donors (Lipinski definition) is 1. The molecule has 0 unspecified atom stereocenters. The molecule has 2 aromatic carbocycles. The fourth-order valence-corrected chi connectivity index (χ4v) is 2.86. The third kappa shape index (κ3) is 3.22. The van der Waals surface area contributed by atoms with Crippen LogP contribution in [0.3, 0.4) is 0 Å². The van der Waals surface area contributed by atoms with Gasteiger partial charge >= 0.3 is 0 Å². The lowest BCUT2D eigenvalue weighted by Crippen LogP contribution is -2.27. The average Bonchev–Trinajstić information content (AvgIpc) is 2.86. The van der Waals surface area contributed by atoms with Gasteiger partial charge in [0.2, 0.25) is 0 Å². The Kier molecular flexibility index (Phi) is 4.35. The van der Waals surface area contributed by atoms with Crippen molar-refractivity contribution in [2.24, 2.45) is 7.05 Å². The minimum Gasteiger partial charge on any atom is -0.350 e. The van der Waals surface area contributed by atoms with E-state index in [2.05, 4.69) is 5.32 Å². The lowest BCUT2D eigenvalue weighted by atomic mass is 10.1. The van der Waals surface area contributed by atoms with Gasteiger partial charge in [0.05, 0.1) is 5.52 Å². The molecule has 3 nitrogen and oxygen atoms in total. The van der Waals surface area contributed by atoms with Crippen LogP contribution in [0.5, 0.6) is 0 Å². The quantitative estimate of drug-likeness (QED) is 0.772. The molecule has 118 valence electrons. The van der Waals surface area contributed by atoms with E-state index in [1.807, 2.05) is 24.3 Å². The molecule has 3 rings (SSSR count). The number of aromatic nitrogens is 1. The molecule has 1 N–H and O–H groups in total. The van der Waals surface area contributed by atoms with E-state index in [0.29, 0.717) is 34.6 Å². The predicted molar refractivity (Wildman–Crippen MR) is 90.4 cm³/mol. The number of nitrogens with zero attached hydrogens (tertiary/aromatic N) is 1. The van der Waals surface area contributed by atoms with Crippen LogP contribution in [-0.4, -0.2) is 17.0 Å². The van der Waals surface area contributed by atoms with Crippen molar-refractivity contribution in [2.75, 3.05) is 6.54 Å². The van der Waals surface area contributed by atoms with E-state index in [-0.39, 0.29) is 11.7 Å².